The zero-order valence-corrected chi connectivity index (χ0v) is 12.7. The summed E-state index contributed by atoms with van der Waals surface area (Å²) in [4.78, 5) is 0. The van der Waals surface area contributed by atoms with Crippen molar-refractivity contribution < 1.29 is 39.3 Å². The second-order valence-corrected chi connectivity index (χ2v) is 8.74. The molecule has 0 amide bonds. The quantitative estimate of drug-likeness (QED) is 0.565. The minimum atomic E-state index is -6.93. The van der Waals surface area contributed by atoms with Crippen LogP contribution < -0.4 is 0 Å². The average Bonchev–Trinajstić information content (AvgIpc) is 2.34. The normalized spacial score (nSPS) is 38.1. The van der Waals surface area contributed by atoms with E-state index in [4.69, 9.17) is 0 Å². The molecule has 0 unspecified atom stereocenters. The summed E-state index contributed by atoms with van der Waals surface area (Å²) in [7, 11) is -6.93. The number of hydrogen-bond donors (Lipinski definition) is 0. The van der Waals surface area contributed by atoms with Crippen molar-refractivity contribution >= 4 is 10.1 Å². The molecular formula is C13H15F6O3S-. The van der Waals surface area contributed by atoms with Crippen LogP contribution in [0.5, 0.6) is 0 Å². The van der Waals surface area contributed by atoms with E-state index in [2.05, 4.69) is 0 Å². The van der Waals surface area contributed by atoms with Crippen molar-refractivity contribution in [2.75, 3.05) is 0 Å². The SMILES string of the molecule is O=S(=O)([O-])C(F)(F)C(F)(F)C(F)(F)C12CC3CC(CC(C3)C1)C2. The van der Waals surface area contributed by atoms with Crippen LogP contribution in [0.25, 0.3) is 0 Å². The van der Waals surface area contributed by atoms with Gasteiger partial charge in [0.15, 0.2) is 10.1 Å². The van der Waals surface area contributed by atoms with Crippen LogP contribution in [0.1, 0.15) is 38.5 Å². The van der Waals surface area contributed by atoms with Gasteiger partial charge < -0.3 is 4.55 Å². The van der Waals surface area contributed by atoms with E-state index in [0.29, 0.717) is 19.3 Å². The lowest BCUT2D eigenvalue weighted by Crippen LogP contribution is -2.67. The van der Waals surface area contributed by atoms with Crippen LogP contribution in [0.2, 0.25) is 0 Å². The highest BCUT2D eigenvalue weighted by atomic mass is 32.2. The first-order valence-electron chi connectivity index (χ1n) is 7.32. The molecule has 23 heavy (non-hydrogen) atoms. The molecule has 10 heteroatoms. The van der Waals surface area contributed by atoms with Crippen LogP contribution in [0, 0.1) is 23.2 Å². The first kappa shape index (κ1) is 17.3. The van der Waals surface area contributed by atoms with Crippen LogP contribution in [0.4, 0.5) is 26.3 Å². The Morgan fingerprint density at radius 2 is 1.17 bits per heavy atom. The third-order valence-corrected chi connectivity index (χ3v) is 6.66. The van der Waals surface area contributed by atoms with Crippen molar-refractivity contribution in [1.29, 1.82) is 0 Å². The topological polar surface area (TPSA) is 57.2 Å². The van der Waals surface area contributed by atoms with E-state index in [0.717, 1.165) is 0 Å². The molecular weight excluding hydrogens is 350 g/mol. The maximum Gasteiger partial charge on any atom is 0.402 e. The summed E-state index contributed by atoms with van der Waals surface area (Å²) in [6, 6.07) is 0. The highest BCUT2D eigenvalue weighted by Crippen LogP contribution is 2.69. The highest BCUT2D eigenvalue weighted by Gasteiger charge is 2.81. The Hall–Kier alpha value is -0.510. The van der Waals surface area contributed by atoms with Gasteiger partial charge in [0.1, 0.15) is 0 Å². The van der Waals surface area contributed by atoms with Gasteiger partial charge in [-0.25, -0.2) is 8.42 Å². The van der Waals surface area contributed by atoms with E-state index in [1.807, 2.05) is 0 Å². The molecule has 0 radical (unpaired) electrons. The van der Waals surface area contributed by atoms with E-state index >= 15 is 0 Å². The van der Waals surface area contributed by atoms with E-state index < -0.39 is 32.6 Å². The molecule has 4 fully saturated rings. The minimum Gasteiger partial charge on any atom is -0.743 e. The maximum atomic E-state index is 14.5. The Bertz CT molecular complexity index is 580. The molecule has 0 aromatic heterocycles. The standard InChI is InChI=1S/C13H16F6O3S/c14-11(15,12(16,17)13(18,19)23(20,21)22)10-4-7-1-8(5-10)3-9(2-7)6-10/h7-9H,1-6H2,(H,20,21,22)/p-1. The van der Waals surface area contributed by atoms with Gasteiger partial charge in [-0.15, -0.1) is 0 Å². The van der Waals surface area contributed by atoms with E-state index in [1.54, 1.807) is 0 Å². The van der Waals surface area contributed by atoms with Gasteiger partial charge in [0.25, 0.3) is 0 Å². The molecule has 0 atom stereocenters. The van der Waals surface area contributed by atoms with Gasteiger partial charge in [0.2, 0.25) is 0 Å². The predicted octanol–water partition coefficient (Wildman–Crippen LogP) is 3.61. The summed E-state index contributed by atoms with van der Waals surface area (Å²) in [5, 5.41) is -6.35. The summed E-state index contributed by atoms with van der Waals surface area (Å²) in [5.74, 6) is -12.2. The number of rotatable bonds is 4. The Balaban J connectivity index is 2.04. The second kappa shape index (κ2) is 4.56. The molecule has 4 rings (SSSR count). The fourth-order valence-electron chi connectivity index (χ4n) is 5.17. The molecule has 4 saturated carbocycles. The molecule has 4 aliphatic carbocycles. The van der Waals surface area contributed by atoms with E-state index in [1.165, 1.54) is 0 Å². The van der Waals surface area contributed by atoms with Crippen LogP contribution in [0.3, 0.4) is 0 Å². The Kier molecular flexibility index (Phi) is 3.43. The third-order valence-electron chi connectivity index (χ3n) is 5.78. The van der Waals surface area contributed by atoms with Crippen molar-refractivity contribution in [2.24, 2.45) is 23.2 Å². The minimum absolute atomic E-state index is 0.236. The van der Waals surface area contributed by atoms with Gasteiger partial charge in [0, 0.05) is 5.41 Å². The largest absolute Gasteiger partial charge is 0.743 e. The highest BCUT2D eigenvalue weighted by molar-refractivity contribution is 7.86. The van der Waals surface area contributed by atoms with Crippen molar-refractivity contribution in [2.45, 2.75) is 55.6 Å². The van der Waals surface area contributed by atoms with Crippen LogP contribution in [0.15, 0.2) is 0 Å². The van der Waals surface area contributed by atoms with Gasteiger partial charge >= 0.3 is 17.1 Å². The molecule has 0 heterocycles. The summed E-state index contributed by atoms with van der Waals surface area (Å²) in [6.07, 6.45) is 0.815. The van der Waals surface area contributed by atoms with Crippen LogP contribution in [-0.4, -0.2) is 30.1 Å². The third kappa shape index (κ3) is 2.09. The molecule has 0 aromatic carbocycles. The first-order chi connectivity index (χ1) is 10.2. The van der Waals surface area contributed by atoms with Gasteiger partial charge in [0.05, 0.1) is 0 Å². The van der Waals surface area contributed by atoms with E-state index in [9.17, 15) is 39.3 Å². The lowest BCUT2D eigenvalue weighted by Gasteiger charge is -2.60. The number of alkyl halides is 6. The van der Waals surface area contributed by atoms with Crippen molar-refractivity contribution in [1.82, 2.24) is 0 Å². The van der Waals surface area contributed by atoms with Crippen molar-refractivity contribution in [3.05, 3.63) is 0 Å². The smallest absolute Gasteiger partial charge is 0.402 e. The van der Waals surface area contributed by atoms with Gasteiger partial charge in [-0.05, 0) is 56.3 Å². The van der Waals surface area contributed by atoms with E-state index in [-0.39, 0.29) is 37.0 Å². The molecule has 0 aromatic rings. The van der Waals surface area contributed by atoms with Crippen molar-refractivity contribution in [3.8, 4) is 0 Å². The molecule has 0 saturated heterocycles. The first-order valence-corrected chi connectivity index (χ1v) is 8.73. The monoisotopic (exact) mass is 365 g/mol. The Morgan fingerprint density at radius 3 is 1.48 bits per heavy atom. The van der Waals surface area contributed by atoms with Gasteiger partial charge in [-0.2, -0.15) is 26.3 Å². The molecule has 0 aliphatic heterocycles. The fraction of sp³-hybridized carbons (Fsp3) is 1.00. The molecule has 134 valence electrons. The molecule has 4 aliphatic rings. The molecule has 4 bridgehead atoms. The summed E-state index contributed by atoms with van der Waals surface area (Å²) < 4.78 is 115. The summed E-state index contributed by atoms with van der Waals surface area (Å²) >= 11 is 0. The average molecular weight is 365 g/mol. The molecule has 3 nitrogen and oxygen atoms in total. The Labute approximate surface area is 129 Å². The van der Waals surface area contributed by atoms with Crippen LogP contribution in [-0.2, 0) is 10.1 Å². The fourth-order valence-corrected chi connectivity index (χ4v) is 5.61. The van der Waals surface area contributed by atoms with Crippen LogP contribution >= 0.6 is 0 Å². The zero-order valence-electron chi connectivity index (χ0n) is 11.9. The van der Waals surface area contributed by atoms with Gasteiger partial charge in [-0.1, -0.05) is 0 Å². The lowest BCUT2D eigenvalue weighted by atomic mass is 9.47. The number of hydrogen-bond acceptors (Lipinski definition) is 3. The lowest BCUT2D eigenvalue weighted by molar-refractivity contribution is -0.342. The number of halogens is 6. The van der Waals surface area contributed by atoms with Gasteiger partial charge in [-0.3, -0.25) is 0 Å². The molecule has 0 spiro atoms. The summed E-state index contributed by atoms with van der Waals surface area (Å²) in [6.45, 7) is 0. The summed E-state index contributed by atoms with van der Waals surface area (Å²) in [5.41, 5.74) is -2.36. The van der Waals surface area contributed by atoms with Crippen molar-refractivity contribution in [3.63, 3.8) is 0 Å². The maximum absolute atomic E-state index is 14.5. The Morgan fingerprint density at radius 1 is 0.826 bits per heavy atom. The predicted molar refractivity (Wildman–Crippen MR) is 65.1 cm³/mol. The zero-order chi connectivity index (χ0) is 17.5. The second-order valence-electron chi connectivity index (χ2n) is 7.32. The molecule has 0 N–H and O–H groups in total.